The van der Waals surface area contributed by atoms with Crippen LogP contribution in [0.5, 0.6) is 0 Å². The minimum absolute atomic E-state index is 1.16. The summed E-state index contributed by atoms with van der Waals surface area (Å²) in [5.74, 6) is 0. The third kappa shape index (κ3) is 0.620. The van der Waals surface area contributed by atoms with E-state index in [0.717, 1.165) is 5.52 Å². The fourth-order valence-corrected chi connectivity index (χ4v) is 1.10. The van der Waals surface area contributed by atoms with Crippen molar-refractivity contribution in [3.05, 3.63) is 30.2 Å². The lowest BCUT2D eigenvalue weighted by molar-refractivity contribution is 1.35. The first-order valence-corrected chi connectivity index (χ1v) is 3.25. The van der Waals surface area contributed by atoms with Gasteiger partial charge in [-0.2, -0.15) is 0 Å². The first-order valence-electron chi connectivity index (χ1n) is 3.25. The van der Waals surface area contributed by atoms with Gasteiger partial charge in [-0.3, -0.25) is 4.98 Å². The summed E-state index contributed by atoms with van der Waals surface area (Å²) < 4.78 is 0. The van der Waals surface area contributed by atoms with E-state index < -0.39 is 0 Å². The average molecular weight is 132 g/mol. The van der Waals surface area contributed by atoms with Gasteiger partial charge in [-0.15, -0.1) is 0 Å². The van der Waals surface area contributed by atoms with Gasteiger partial charge in [-0.1, -0.05) is 0 Å². The normalized spacial score (nSPS) is 10.5. The van der Waals surface area contributed by atoms with E-state index in [0.29, 0.717) is 0 Å². The molecule has 0 aromatic carbocycles. The predicted molar refractivity (Wildman–Crippen MR) is 40.8 cm³/mol. The van der Waals surface area contributed by atoms with Crippen molar-refractivity contribution in [2.24, 2.45) is 0 Å². The molecule has 2 nitrogen and oxygen atoms in total. The molecule has 0 aliphatic rings. The molecule has 0 amide bonds. The van der Waals surface area contributed by atoms with E-state index in [1.807, 2.05) is 18.5 Å². The Hall–Kier alpha value is -1.31. The number of aromatic amines is 1. The van der Waals surface area contributed by atoms with Crippen LogP contribution in [-0.2, 0) is 0 Å². The van der Waals surface area contributed by atoms with Crippen LogP contribution in [-0.4, -0.2) is 9.97 Å². The van der Waals surface area contributed by atoms with Gasteiger partial charge in [0.2, 0.25) is 0 Å². The monoisotopic (exact) mass is 132 g/mol. The molecule has 0 saturated heterocycles. The van der Waals surface area contributed by atoms with Crippen LogP contribution in [0.1, 0.15) is 5.56 Å². The number of rotatable bonds is 0. The average Bonchev–Trinajstić information content (AvgIpc) is 2.34. The minimum Gasteiger partial charge on any atom is -0.361 e. The molecule has 2 aromatic heterocycles. The molecule has 0 atom stereocenters. The third-order valence-corrected chi connectivity index (χ3v) is 1.69. The van der Waals surface area contributed by atoms with E-state index >= 15 is 0 Å². The molecule has 1 N–H and O–H groups in total. The first-order chi connectivity index (χ1) is 4.88. The quantitative estimate of drug-likeness (QED) is 0.582. The van der Waals surface area contributed by atoms with Crippen molar-refractivity contribution in [3.8, 4) is 0 Å². The Balaban J connectivity index is 2.93. The molecule has 0 fully saturated rings. The van der Waals surface area contributed by atoms with Gasteiger partial charge >= 0.3 is 0 Å². The molecule has 2 heterocycles. The van der Waals surface area contributed by atoms with Crippen molar-refractivity contribution in [1.82, 2.24) is 9.97 Å². The molecule has 50 valence electrons. The van der Waals surface area contributed by atoms with Crippen LogP contribution in [0, 0.1) is 6.92 Å². The molecule has 0 aliphatic carbocycles. The fraction of sp³-hybridized carbons (Fsp3) is 0.125. The van der Waals surface area contributed by atoms with E-state index in [9.17, 15) is 0 Å². The number of nitrogens with one attached hydrogen (secondary N) is 1. The molecule has 0 radical (unpaired) electrons. The van der Waals surface area contributed by atoms with Crippen molar-refractivity contribution in [2.75, 3.05) is 0 Å². The second kappa shape index (κ2) is 1.84. The number of nitrogens with zero attached hydrogens (tertiary/aromatic N) is 1. The third-order valence-electron chi connectivity index (χ3n) is 1.69. The highest BCUT2D eigenvalue weighted by Crippen LogP contribution is 2.13. The van der Waals surface area contributed by atoms with Gasteiger partial charge < -0.3 is 4.98 Å². The Bertz CT molecular complexity index is 349. The highest BCUT2D eigenvalue weighted by molar-refractivity contribution is 5.81. The van der Waals surface area contributed by atoms with Crippen LogP contribution in [0.3, 0.4) is 0 Å². The van der Waals surface area contributed by atoms with Crippen molar-refractivity contribution in [1.29, 1.82) is 0 Å². The molecule has 0 aliphatic heterocycles. The number of H-pyrrole nitrogens is 1. The predicted octanol–water partition coefficient (Wildman–Crippen LogP) is 1.87. The van der Waals surface area contributed by atoms with Gasteiger partial charge in [0.25, 0.3) is 0 Å². The van der Waals surface area contributed by atoms with E-state index in [2.05, 4.69) is 16.9 Å². The minimum atomic E-state index is 1.16. The Kier molecular flexibility index (Phi) is 1.01. The molecule has 0 spiro atoms. The molecule has 2 heteroatoms. The second-order valence-corrected chi connectivity index (χ2v) is 2.39. The van der Waals surface area contributed by atoms with E-state index in [1.165, 1.54) is 10.9 Å². The summed E-state index contributed by atoms with van der Waals surface area (Å²) in [6.07, 6.45) is 5.66. The van der Waals surface area contributed by atoms with Crippen molar-refractivity contribution in [3.63, 3.8) is 0 Å². The molecule has 2 aromatic rings. The summed E-state index contributed by atoms with van der Waals surface area (Å²) in [5.41, 5.74) is 2.41. The molecule has 0 bridgehead atoms. The van der Waals surface area contributed by atoms with Gasteiger partial charge in [-0.25, -0.2) is 0 Å². The van der Waals surface area contributed by atoms with Gasteiger partial charge in [0.05, 0.1) is 0 Å². The van der Waals surface area contributed by atoms with E-state index in [-0.39, 0.29) is 0 Å². The van der Waals surface area contributed by atoms with E-state index in [1.54, 1.807) is 6.20 Å². The SMILES string of the molecule is Cc1c[nH]c2ccncc12. The fourth-order valence-electron chi connectivity index (χ4n) is 1.10. The standard InChI is InChI=1S/C8H8N2/c1-6-4-10-8-2-3-9-5-7(6)8/h2-5,10H,1H3. The Morgan fingerprint density at radius 1 is 1.50 bits per heavy atom. The summed E-state index contributed by atoms with van der Waals surface area (Å²) in [5, 5.41) is 1.21. The Morgan fingerprint density at radius 2 is 2.40 bits per heavy atom. The molecule has 0 unspecified atom stereocenters. The maximum atomic E-state index is 4.03. The zero-order valence-electron chi connectivity index (χ0n) is 5.76. The molecule has 0 saturated carbocycles. The highest BCUT2D eigenvalue weighted by Gasteiger charge is 1.95. The molecular weight excluding hydrogens is 124 g/mol. The Morgan fingerprint density at radius 3 is 3.20 bits per heavy atom. The van der Waals surface area contributed by atoms with Crippen LogP contribution >= 0.6 is 0 Å². The van der Waals surface area contributed by atoms with Crippen LogP contribution < -0.4 is 0 Å². The van der Waals surface area contributed by atoms with Crippen molar-refractivity contribution in [2.45, 2.75) is 6.92 Å². The Labute approximate surface area is 58.9 Å². The second-order valence-electron chi connectivity index (χ2n) is 2.39. The molecule has 2 rings (SSSR count). The number of aromatic nitrogens is 2. The zero-order valence-corrected chi connectivity index (χ0v) is 5.76. The molecule has 10 heavy (non-hydrogen) atoms. The number of aryl methyl sites for hydroxylation is 1. The summed E-state index contributed by atoms with van der Waals surface area (Å²) in [6, 6.07) is 1.97. The van der Waals surface area contributed by atoms with Crippen molar-refractivity contribution >= 4 is 10.9 Å². The largest absolute Gasteiger partial charge is 0.361 e. The van der Waals surface area contributed by atoms with E-state index in [4.69, 9.17) is 0 Å². The van der Waals surface area contributed by atoms with Crippen molar-refractivity contribution < 1.29 is 0 Å². The van der Waals surface area contributed by atoms with Gasteiger partial charge in [-0.05, 0) is 18.6 Å². The van der Waals surface area contributed by atoms with Gasteiger partial charge in [0, 0.05) is 29.5 Å². The maximum absolute atomic E-state index is 4.03. The summed E-state index contributed by atoms with van der Waals surface area (Å²) >= 11 is 0. The lowest BCUT2D eigenvalue weighted by atomic mass is 10.2. The number of pyridine rings is 1. The summed E-state index contributed by atoms with van der Waals surface area (Å²) in [4.78, 5) is 7.17. The summed E-state index contributed by atoms with van der Waals surface area (Å²) in [6.45, 7) is 2.07. The summed E-state index contributed by atoms with van der Waals surface area (Å²) in [7, 11) is 0. The van der Waals surface area contributed by atoms with Crippen LogP contribution in [0.2, 0.25) is 0 Å². The number of fused-ring (bicyclic) bond motifs is 1. The topological polar surface area (TPSA) is 28.7 Å². The first kappa shape index (κ1) is 5.47. The number of hydrogen-bond donors (Lipinski definition) is 1. The van der Waals surface area contributed by atoms with Gasteiger partial charge in [0.15, 0.2) is 0 Å². The van der Waals surface area contributed by atoms with Crippen LogP contribution in [0.15, 0.2) is 24.7 Å². The number of hydrogen-bond acceptors (Lipinski definition) is 1. The lowest BCUT2D eigenvalue weighted by Gasteiger charge is -1.86. The maximum Gasteiger partial charge on any atom is 0.0487 e. The highest BCUT2D eigenvalue weighted by atomic mass is 14.7. The van der Waals surface area contributed by atoms with Gasteiger partial charge in [0.1, 0.15) is 0 Å². The molecular formula is C8H8N2. The smallest absolute Gasteiger partial charge is 0.0487 e. The lowest BCUT2D eigenvalue weighted by Crippen LogP contribution is -1.70. The van der Waals surface area contributed by atoms with Crippen LogP contribution in [0.4, 0.5) is 0 Å². The van der Waals surface area contributed by atoms with Crippen LogP contribution in [0.25, 0.3) is 10.9 Å². The zero-order chi connectivity index (χ0) is 6.97.